The van der Waals surface area contributed by atoms with Crippen molar-refractivity contribution < 1.29 is 9.59 Å². The van der Waals surface area contributed by atoms with Gasteiger partial charge in [0, 0.05) is 63.6 Å². The van der Waals surface area contributed by atoms with Gasteiger partial charge in [-0.2, -0.15) is 0 Å². The van der Waals surface area contributed by atoms with Crippen LogP contribution in [0.3, 0.4) is 0 Å². The summed E-state index contributed by atoms with van der Waals surface area (Å²) >= 11 is 0. The Bertz CT molecular complexity index is 863. The van der Waals surface area contributed by atoms with Gasteiger partial charge in [-0.1, -0.05) is 30.3 Å². The lowest BCUT2D eigenvalue weighted by molar-refractivity contribution is -0.131. The van der Waals surface area contributed by atoms with Crippen LogP contribution in [0.2, 0.25) is 0 Å². The molecule has 0 bridgehead atoms. The summed E-state index contributed by atoms with van der Waals surface area (Å²) in [5.74, 6) is 0.875. The van der Waals surface area contributed by atoms with Crippen molar-refractivity contribution >= 4 is 11.8 Å². The molecule has 1 aromatic rings. The van der Waals surface area contributed by atoms with Gasteiger partial charge in [0.1, 0.15) is 0 Å². The third kappa shape index (κ3) is 6.21. The molecule has 192 valence electrons. The average Bonchev–Trinajstić information content (AvgIpc) is 3.50. The fourth-order valence-electron chi connectivity index (χ4n) is 6.38. The van der Waals surface area contributed by atoms with Crippen LogP contribution >= 0.6 is 0 Å². The van der Waals surface area contributed by atoms with E-state index in [0.29, 0.717) is 24.4 Å². The maximum atomic E-state index is 12.8. The maximum absolute atomic E-state index is 12.8. The van der Waals surface area contributed by atoms with Gasteiger partial charge in [0.15, 0.2) is 0 Å². The fourth-order valence-corrected chi connectivity index (χ4v) is 6.38. The third-order valence-electron chi connectivity index (χ3n) is 8.13. The number of carbonyl (C=O) groups is 2. The molecule has 1 aromatic carbocycles. The highest BCUT2D eigenvalue weighted by molar-refractivity contribution is 5.84. The number of amides is 2. The lowest BCUT2D eigenvalue weighted by Gasteiger charge is -2.43. The van der Waals surface area contributed by atoms with Crippen molar-refractivity contribution in [3.05, 3.63) is 35.9 Å². The zero-order valence-corrected chi connectivity index (χ0v) is 20.8. The minimum atomic E-state index is -0.168. The molecule has 4 aliphatic rings. The molecule has 0 radical (unpaired) electrons. The molecule has 6 unspecified atom stereocenters. The van der Waals surface area contributed by atoms with E-state index in [1.54, 1.807) is 0 Å². The van der Waals surface area contributed by atoms with Crippen molar-refractivity contribution in [2.75, 3.05) is 45.8 Å². The second-order valence-corrected chi connectivity index (χ2v) is 10.8. The van der Waals surface area contributed by atoms with Crippen LogP contribution in [0, 0.1) is 11.8 Å². The van der Waals surface area contributed by atoms with E-state index < -0.39 is 0 Å². The van der Waals surface area contributed by atoms with Gasteiger partial charge < -0.3 is 15.5 Å². The summed E-state index contributed by atoms with van der Waals surface area (Å²) < 4.78 is 0. The van der Waals surface area contributed by atoms with Crippen LogP contribution in [0.15, 0.2) is 30.3 Å². The smallest absolute Gasteiger partial charge is 0.242 e. The molecule has 5 N–H and O–H groups in total. The van der Waals surface area contributed by atoms with Crippen molar-refractivity contribution in [3.63, 3.8) is 0 Å². The van der Waals surface area contributed by atoms with Crippen LogP contribution in [-0.2, 0) is 16.0 Å². The number of hydrogen-bond donors (Lipinski definition) is 5. The second-order valence-electron chi connectivity index (χ2n) is 10.8. The maximum Gasteiger partial charge on any atom is 0.242 e. The summed E-state index contributed by atoms with van der Waals surface area (Å²) in [5, 5.41) is 16.4. The van der Waals surface area contributed by atoms with Crippen LogP contribution < -0.4 is 26.7 Å². The van der Waals surface area contributed by atoms with Gasteiger partial charge >= 0.3 is 0 Å². The first-order valence-corrected chi connectivity index (χ1v) is 13.3. The first-order chi connectivity index (χ1) is 17.0. The highest BCUT2D eigenvalue weighted by atomic mass is 16.2. The van der Waals surface area contributed by atoms with Crippen LogP contribution in [0.25, 0.3) is 0 Å². The first kappa shape index (κ1) is 24.6. The molecule has 0 spiro atoms. The Balaban J connectivity index is 1.25. The van der Waals surface area contributed by atoms with Crippen molar-refractivity contribution in [2.24, 2.45) is 11.8 Å². The lowest BCUT2D eigenvalue weighted by atomic mass is 9.85. The summed E-state index contributed by atoms with van der Waals surface area (Å²) in [4.78, 5) is 26.0. The minimum Gasteiger partial charge on any atom is -0.347 e. The Morgan fingerprint density at radius 2 is 1.94 bits per heavy atom. The van der Waals surface area contributed by atoms with E-state index in [0.717, 1.165) is 45.6 Å². The Hall–Kier alpha value is -2.04. The van der Waals surface area contributed by atoms with Gasteiger partial charge in [-0.05, 0) is 43.8 Å². The largest absolute Gasteiger partial charge is 0.347 e. The number of carbonyl (C=O) groups excluding carboxylic acids is 2. The van der Waals surface area contributed by atoms with Gasteiger partial charge in [0.25, 0.3) is 0 Å². The zero-order valence-electron chi connectivity index (χ0n) is 20.8. The minimum absolute atomic E-state index is 0.000524. The molecular formula is C26H41N7O2. The average molecular weight is 484 g/mol. The zero-order chi connectivity index (χ0) is 24.2. The molecule has 4 aliphatic heterocycles. The third-order valence-corrected chi connectivity index (χ3v) is 8.13. The Morgan fingerprint density at radius 3 is 2.71 bits per heavy atom. The molecule has 0 aromatic heterocycles. The summed E-state index contributed by atoms with van der Waals surface area (Å²) in [6.45, 7) is 7.36. The number of rotatable bonds is 7. The molecule has 0 aliphatic carbocycles. The number of hydrogen-bond acceptors (Lipinski definition) is 7. The van der Waals surface area contributed by atoms with Gasteiger partial charge in [-0.15, -0.1) is 0 Å². The molecule has 35 heavy (non-hydrogen) atoms. The van der Waals surface area contributed by atoms with Gasteiger partial charge in [0.05, 0.1) is 12.7 Å². The molecule has 6 atom stereocenters. The van der Waals surface area contributed by atoms with Crippen LogP contribution in [0.5, 0.6) is 0 Å². The van der Waals surface area contributed by atoms with Crippen molar-refractivity contribution in [3.8, 4) is 0 Å². The predicted molar refractivity (Wildman–Crippen MR) is 135 cm³/mol. The summed E-state index contributed by atoms with van der Waals surface area (Å²) in [6.07, 6.45) is 4.75. The highest BCUT2D eigenvalue weighted by Gasteiger charge is 2.48. The molecule has 9 nitrogen and oxygen atoms in total. The summed E-state index contributed by atoms with van der Waals surface area (Å²) in [6, 6.07) is 11.5. The van der Waals surface area contributed by atoms with Gasteiger partial charge in [0.2, 0.25) is 11.8 Å². The van der Waals surface area contributed by atoms with Crippen molar-refractivity contribution in [1.82, 2.24) is 36.6 Å². The van der Waals surface area contributed by atoms with Crippen LogP contribution in [0.1, 0.15) is 31.7 Å². The van der Waals surface area contributed by atoms with Crippen LogP contribution in [-0.4, -0.2) is 91.8 Å². The molecule has 4 heterocycles. The van der Waals surface area contributed by atoms with Gasteiger partial charge in [-0.25, -0.2) is 5.01 Å². The van der Waals surface area contributed by atoms with E-state index in [2.05, 4.69) is 62.0 Å². The molecule has 2 amide bonds. The topological polar surface area (TPSA) is 101 Å². The van der Waals surface area contributed by atoms with E-state index in [4.69, 9.17) is 0 Å². The molecule has 0 saturated carbocycles. The summed E-state index contributed by atoms with van der Waals surface area (Å²) in [7, 11) is 0. The molecule has 4 saturated heterocycles. The van der Waals surface area contributed by atoms with E-state index >= 15 is 0 Å². The predicted octanol–water partition coefficient (Wildman–Crippen LogP) is -0.342. The van der Waals surface area contributed by atoms with E-state index in [-0.39, 0.29) is 36.6 Å². The number of nitrogens with zero attached hydrogens (tertiary/aromatic N) is 2. The molecule has 4 fully saturated rings. The SMILES string of the molecule is CC(=O)NCC(=O)N1CC2NC(Cc3ccccc3)NC(C3CCN(CC4CCCNC4)N3)C2C1. The van der Waals surface area contributed by atoms with E-state index in [1.165, 1.54) is 25.3 Å². The van der Waals surface area contributed by atoms with Crippen molar-refractivity contribution in [2.45, 2.75) is 56.9 Å². The number of likely N-dealkylation sites (tertiary alicyclic amines) is 1. The second kappa shape index (κ2) is 11.3. The molecule has 5 rings (SSSR count). The van der Waals surface area contributed by atoms with E-state index in [9.17, 15) is 9.59 Å². The number of nitrogens with one attached hydrogen (secondary N) is 5. The number of hydrazine groups is 1. The number of benzene rings is 1. The molecular weight excluding hydrogens is 442 g/mol. The summed E-state index contributed by atoms with van der Waals surface area (Å²) in [5.41, 5.74) is 5.15. The highest BCUT2D eigenvalue weighted by Crippen LogP contribution is 2.29. The van der Waals surface area contributed by atoms with Crippen molar-refractivity contribution in [1.29, 1.82) is 0 Å². The van der Waals surface area contributed by atoms with Gasteiger partial charge in [-0.3, -0.25) is 25.6 Å². The fraction of sp³-hybridized carbons (Fsp3) is 0.692. The standard InChI is InChI=1S/C26H41N7O2/c1-18(34)28-14-25(35)32-16-21-23(17-32)29-24(12-19-6-3-2-4-7-19)30-26(21)22-9-11-33(31-22)15-20-8-5-10-27-13-20/h2-4,6-7,20-24,26-27,29-31H,5,8-17H2,1H3,(H,28,34). The normalized spacial score (nSPS) is 33.5. The lowest BCUT2D eigenvalue weighted by Crippen LogP contribution is -2.68. The molecule has 9 heteroatoms. The van der Waals surface area contributed by atoms with Crippen LogP contribution in [0.4, 0.5) is 0 Å². The first-order valence-electron chi connectivity index (χ1n) is 13.3. The number of fused-ring (bicyclic) bond motifs is 1. The monoisotopic (exact) mass is 483 g/mol. The van der Waals surface area contributed by atoms with E-state index in [1.807, 2.05) is 4.90 Å². The Kier molecular flexibility index (Phi) is 7.99. The quantitative estimate of drug-likeness (QED) is 0.362. The Morgan fingerprint density at radius 1 is 1.09 bits per heavy atom. The number of piperidine rings is 1. The Labute approximate surface area is 208 Å².